The lowest BCUT2D eigenvalue weighted by Gasteiger charge is -2.34. The summed E-state index contributed by atoms with van der Waals surface area (Å²) >= 11 is 0. The number of anilines is 1. The molecule has 166 valence electrons. The fraction of sp³-hybridized carbons (Fsp3) is 0.714. The Morgan fingerprint density at radius 2 is 1.90 bits per heavy atom. The Morgan fingerprint density at radius 3 is 2.60 bits per heavy atom. The van der Waals surface area contributed by atoms with Crippen LogP contribution in [0.5, 0.6) is 0 Å². The third-order valence-electron chi connectivity index (χ3n) is 5.81. The van der Waals surface area contributed by atoms with E-state index in [9.17, 15) is 4.79 Å². The number of aliphatic imine (C=N–C) groups is 1. The summed E-state index contributed by atoms with van der Waals surface area (Å²) in [4.78, 5) is 32.5. The van der Waals surface area contributed by atoms with Crippen molar-refractivity contribution in [2.45, 2.75) is 39.2 Å². The third kappa shape index (κ3) is 6.29. The summed E-state index contributed by atoms with van der Waals surface area (Å²) in [5.74, 6) is 1.72. The summed E-state index contributed by atoms with van der Waals surface area (Å²) in [6, 6.07) is 2.35. The molecule has 0 radical (unpaired) electrons. The molecule has 2 N–H and O–H groups in total. The number of nitrogens with one attached hydrogen (secondary N) is 2. The van der Waals surface area contributed by atoms with Crippen molar-refractivity contribution < 1.29 is 4.79 Å². The van der Waals surface area contributed by atoms with Crippen molar-refractivity contribution in [1.82, 2.24) is 30.4 Å². The number of carbonyl (C=O) groups excluding carboxylic acids is 1. The van der Waals surface area contributed by atoms with Crippen LogP contribution in [0.15, 0.2) is 23.5 Å². The van der Waals surface area contributed by atoms with Crippen LogP contribution < -0.4 is 15.5 Å². The minimum atomic E-state index is 0.180. The molecule has 0 bridgehead atoms. The van der Waals surface area contributed by atoms with Crippen molar-refractivity contribution in [3.63, 3.8) is 0 Å². The van der Waals surface area contributed by atoms with Gasteiger partial charge in [0.05, 0.1) is 6.54 Å². The largest absolute Gasteiger partial charge is 0.357 e. The fourth-order valence-corrected chi connectivity index (χ4v) is 4.11. The van der Waals surface area contributed by atoms with Crippen LogP contribution in [-0.2, 0) is 4.79 Å². The first-order valence-corrected chi connectivity index (χ1v) is 11.3. The highest BCUT2D eigenvalue weighted by Crippen LogP contribution is 2.16. The van der Waals surface area contributed by atoms with E-state index in [0.717, 1.165) is 44.6 Å². The predicted molar refractivity (Wildman–Crippen MR) is 120 cm³/mol. The molecule has 3 heterocycles. The number of piperazine rings is 1. The third-order valence-corrected chi connectivity index (χ3v) is 5.81. The van der Waals surface area contributed by atoms with Crippen LogP contribution in [-0.4, -0.2) is 96.6 Å². The zero-order chi connectivity index (χ0) is 21.2. The predicted octanol–water partition coefficient (Wildman–Crippen LogP) is 0.555. The molecular weight excluding hydrogens is 380 g/mol. The first-order valence-electron chi connectivity index (χ1n) is 11.3. The van der Waals surface area contributed by atoms with Gasteiger partial charge in [0, 0.05) is 64.1 Å². The van der Waals surface area contributed by atoms with Crippen LogP contribution >= 0.6 is 0 Å². The zero-order valence-corrected chi connectivity index (χ0v) is 18.4. The number of rotatable bonds is 8. The Kier molecular flexibility index (Phi) is 8.67. The van der Waals surface area contributed by atoms with Crippen molar-refractivity contribution in [3.8, 4) is 0 Å². The molecule has 1 amide bonds. The van der Waals surface area contributed by atoms with Gasteiger partial charge >= 0.3 is 0 Å². The summed E-state index contributed by atoms with van der Waals surface area (Å²) < 4.78 is 0. The van der Waals surface area contributed by atoms with Crippen LogP contribution in [0.1, 0.15) is 33.1 Å². The summed E-state index contributed by atoms with van der Waals surface area (Å²) in [6.45, 7) is 11.7. The average molecular weight is 417 g/mol. The van der Waals surface area contributed by atoms with Crippen LogP contribution in [0, 0.1) is 0 Å². The molecule has 0 aliphatic carbocycles. The van der Waals surface area contributed by atoms with Gasteiger partial charge in [0.15, 0.2) is 5.96 Å². The maximum absolute atomic E-state index is 12.6. The SMILES string of the molecule is CCNC(=NCC1CCCN1CC)NCCC(=O)N1CCN(c2ncccn2)CC1. The van der Waals surface area contributed by atoms with Crippen molar-refractivity contribution in [3.05, 3.63) is 18.5 Å². The van der Waals surface area contributed by atoms with E-state index in [1.165, 1.54) is 19.4 Å². The van der Waals surface area contributed by atoms with Gasteiger partial charge in [0.1, 0.15) is 0 Å². The Morgan fingerprint density at radius 1 is 1.13 bits per heavy atom. The number of amides is 1. The molecular formula is C21H36N8O. The molecule has 0 spiro atoms. The van der Waals surface area contributed by atoms with Gasteiger partial charge in [0.2, 0.25) is 11.9 Å². The average Bonchev–Trinajstić information content (AvgIpc) is 3.25. The van der Waals surface area contributed by atoms with Gasteiger partial charge in [-0.15, -0.1) is 0 Å². The van der Waals surface area contributed by atoms with E-state index >= 15 is 0 Å². The van der Waals surface area contributed by atoms with Gasteiger partial charge in [0.25, 0.3) is 0 Å². The van der Waals surface area contributed by atoms with E-state index in [-0.39, 0.29) is 5.91 Å². The molecule has 9 nitrogen and oxygen atoms in total. The van der Waals surface area contributed by atoms with E-state index in [2.05, 4.69) is 44.2 Å². The van der Waals surface area contributed by atoms with Gasteiger partial charge in [-0.1, -0.05) is 6.92 Å². The molecule has 0 saturated carbocycles. The molecule has 3 rings (SSSR count). The summed E-state index contributed by atoms with van der Waals surface area (Å²) in [7, 11) is 0. The monoisotopic (exact) mass is 416 g/mol. The number of likely N-dealkylation sites (tertiary alicyclic amines) is 1. The fourth-order valence-electron chi connectivity index (χ4n) is 4.11. The molecule has 1 aromatic heterocycles. The first-order chi connectivity index (χ1) is 14.7. The van der Waals surface area contributed by atoms with Crippen molar-refractivity contribution in [2.24, 2.45) is 4.99 Å². The summed E-state index contributed by atoms with van der Waals surface area (Å²) in [5.41, 5.74) is 0. The molecule has 0 aromatic carbocycles. The number of nitrogens with zero attached hydrogens (tertiary/aromatic N) is 6. The highest BCUT2D eigenvalue weighted by molar-refractivity contribution is 5.81. The lowest BCUT2D eigenvalue weighted by Crippen LogP contribution is -2.50. The molecule has 2 fully saturated rings. The Balaban J connectivity index is 1.39. The first kappa shape index (κ1) is 22.3. The second-order valence-corrected chi connectivity index (χ2v) is 7.74. The minimum Gasteiger partial charge on any atom is -0.357 e. The van der Waals surface area contributed by atoms with Gasteiger partial charge in [-0.2, -0.15) is 0 Å². The topological polar surface area (TPSA) is 89.0 Å². The van der Waals surface area contributed by atoms with Gasteiger partial charge in [-0.25, -0.2) is 9.97 Å². The van der Waals surface area contributed by atoms with E-state index in [4.69, 9.17) is 4.99 Å². The summed E-state index contributed by atoms with van der Waals surface area (Å²) in [5, 5.41) is 6.62. The minimum absolute atomic E-state index is 0.180. The lowest BCUT2D eigenvalue weighted by atomic mass is 10.2. The van der Waals surface area contributed by atoms with Gasteiger partial charge < -0.3 is 20.4 Å². The van der Waals surface area contributed by atoms with Crippen molar-refractivity contribution in [2.75, 3.05) is 63.8 Å². The maximum atomic E-state index is 12.6. The molecule has 1 unspecified atom stereocenters. The van der Waals surface area contributed by atoms with Gasteiger partial charge in [-0.05, 0) is 38.9 Å². The normalized spacial score (nSPS) is 20.5. The van der Waals surface area contributed by atoms with E-state index < -0.39 is 0 Å². The Bertz CT molecular complexity index is 675. The zero-order valence-electron chi connectivity index (χ0n) is 18.4. The van der Waals surface area contributed by atoms with Crippen LogP contribution in [0.2, 0.25) is 0 Å². The number of guanidine groups is 1. The molecule has 1 atom stereocenters. The number of aromatic nitrogens is 2. The molecule has 30 heavy (non-hydrogen) atoms. The van der Waals surface area contributed by atoms with E-state index in [0.29, 0.717) is 32.1 Å². The highest BCUT2D eigenvalue weighted by Gasteiger charge is 2.23. The molecule has 9 heteroatoms. The number of hydrogen-bond acceptors (Lipinski definition) is 6. The molecule has 2 aliphatic rings. The lowest BCUT2D eigenvalue weighted by molar-refractivity contribution is -0.131. The van der Waals surface area contributed by atoms with Crippen molar-refractivity contribution in [1.29, 1.82) is 0 Å². The number of likely N-dealkylation sites (N-methyl/N-ethyl adjacent to an activating group) is 1. The molecule has 2 aliphatic heterocycles. The number of carbonyl (C=O) groups is 1. The summed E-state index contributed by atoms with van der Waals surface area (Å²) in [6.07, 6.45) is 6.45. The van der Waals surface area contributed by atoms with Crippen LogP contribution in [0.4, 0.5) is 5.95 Å². The van der Waals surface area contributed by atoms with Crippen LogP contribution in [0.3, 0.4) is 0 Å². The molecule has 1 aromatic rings. The van der Waals surface area contributed by atoms with E-state index in [1.807, 2.05) is 11.0 Å². The molecule has 2 saturated heterocycles. The second-order valence-electron chi connectivity index (χ2n) is 7.74. The van der Waals surface area contributed by atoms with E-state index in [1.54, 1.807) is 12.4 Å². The number of hydrogen-bond donors (Lipinski definition) is 2. The Hall–Kier alpha value is -2.42. The standard InChI is InChI=1S/C21H36N8O/c1-3-22-20(26-17-18-7-5-12-27(18)4-2)23-11-8-19(30)28-13-15-29(16-14-28)21-24-9-6-10-25-21/h6,9-10,18H,3-5,7-8,11-17H2,1-2H3,(H2,22,23,26). The Labute approximate surface area is 179 Å². The van der Waals surface area contributed by atoms with Crippen molar-refractivity contribution >= 4 is 17.8 Å². The van der Waals surface area contributed by atoms with Crippen LogP contribution in [0.25, 0.3) is 0 Å². The van der Waals surface area contributed by atoms with Gasteiger partial charge in [-0.3, -0.25) is 14.7 Å². The quantitative estimate of drug-likeness (QED) is 0.473. The smallest absolute Gasteiger partial charge is 0.225 e. The second kappa shape index (κ2) is 11.7. The highest BCUT2D eigenvalue weighted by atomic mass is 16.2. The maximum Gasteiger partial charge on any atom is 0.225 e.